The Morgan fingerprint density at radius 2 is 2.06 bits per heavy atom. The van der Waals surface area contributed by atoms with Gasteiger partial charge in [0.15, 0.2) is 0 Å². The van der Waals surface area contributed by atoms with E-state index in [1.165, 1.54) is 12.8 Å². The van der Waals surface area contributed by atoms with Crippen LogP contribution >= 0.6 is 24.0 Å². The summed E-state index contributed by atoms with van der Waals surface area (Å²) in [5, 5.41) is 3.84. The third-order valence-corrected chi connectivity index (χ3v) is 4.84. The van der Waals surface area contributed by atoms with Crippen LogP contribution in [0.3, 0.4) is 0 Å². The summed E-state index contributed by atoms with van der Waals surface area (Å²) in [6.07, 6.45) is 7.37. The molecule has 1 fully saturated rings. The van der Waals surface area contributed by atoms with Crippen molar-refractivity contribution in [2.45, 2.75) is 50.3 Å². The van der Waals surface area contributed by atoms with E-state index < -0.39 is 0 Å². The topological polar surface area (TPSA) is 55.1 Å². The average molecular weight is 274 g/mol. The molecule has 3 N–H and O–H groups in total. The van der Waals surface area contributed by atoms with E-state index >= 15 is 0 Å². The molecule has 0 aromatic carbocycles. The first kappa shape index (κ1) is 14.8. The highest BCUT2D eigenvalue weighted by atomic mass is 32.2. The minimum Gasteiger partial charge on any atom is -0.393 e. The monoisotopic (exact) mass is 274 g/mol. The molecule has 0 radical (unpaired) electrons. The molecule has 1 aliphatic carbocycles. The Hall–Kier alpha value is -0.290. The minimum atomic E-state index is -0.303. The summed E-state index contributed by atoms with van der Waals surface area (Å²) in [5.41, 5.74) is 5.56. The molecule has 0 saturated heterocycles. The van der Waals surface area contributed by atoms with E-state index in [1.807, 2.05) is 18.7 Å². The highest BCUT2D eigenvalue weighted by Gasteiger charge is 2.25. The highest BCUT2D eigenvalue weighted by Crippen LogP contribution is 2.27. The van der Waals surface area contributed by atoms with Gasteiger partial charge in [-0.25, -0.2) is 0 Å². The van der Waals surface area contributed by atoms with E-state index in [9.17, 15) is 4.79 Å². The molecule has 1 atom stereocenters. The number of amides is 1. The fourth-order valence-corrected chi connectivity index (χ4v) is 3.28. The van der Waals surface area contributed by atoms with E-state index in [0.29, 0.717) is 17.5 Å². The van der Waals surface area contributed by atoms with Gasteiger partial charge in [0.05, 0.1) is 10.9 Å². The third kappa shape index (κ3) is 4.47. The summed E-state index contributed by atoms with van der Waals surface area (Å²) in [7, 11) is 0. The lowest BCUT2D eigenvalue weighted by Crippen LogP contribution is -2.44. The second-order valence-electron chi connectivity index (χ2n) is 4.58. The molecule has 1 aliphatic rings. The van der Waals surface area contributed by atoms with Crippen molar-refractivity contribution in [2.24, 2.45) is 11.7 Å². The van der Waals surface area contributed by atoms with Gasteiger partial charge in [-0.1, -0.05) is 19.1 Å². The van der Waals surface area contributed by atoms with Gasteiger partial charge in [0, 0.05) is 11.3 Å². The largest absolute Gasteiger partial charge is 0.393 e. The number of carbonyl (C=O) groups is 1. The van der Waals surface area contributed by atoms with Crippen molar-refractivity contribution >= 4 is 34.9 Å². The fourth-order valence-electron chi connectivity index (χ4n) is 2.26. The summed E-state index contributed by atoms with van der Waals surface area (Å²) < 4.78 is 0. The predicted octanol–water partition coefficient (Wildman–Crippen LogP) is 2.09. The molecule has 0 aromatic rings. The Balaban J connectivity index is 2.39. The lowest BCUT2D eigenvalue weighted by Gasteiger charge is -2.29. The number of carbonyl (C=O) groups excluding carboxylic acids is 1. The van der Waals surface area contributed by atoms with E-state index in [4.69, 9.17) is 18.0 Å². The van der Waals surface area contributed by atoms with Crippen LogP contribution in [-0.4, -0.2) is 28.4 Å². The van der Waals surface area contributed by atoms with Gasteiger partial charge in [0.25, 0.3) is 0 Å². The Bertz CT molecular complexity index is 276. The van der Waals surface area contributed by atoms with Crippen LogP contribution in [0.5, 0.6) is 0 Å². The van der Waals surface area contributed by atoms with Crippen molar-refractivity contribution in [2.75, 3.05) is 6.26 Å². The number of thiocarbonyl (C=S) groups is 1. The van der Waals surface area contributed by atoms with Crippen LogP contribution in [0.4, 0.5) is 0 Å². The molecule has 0 aliphatic heterocycles. The maximum atomic E-state index is 12.0. The van der Waals surface area contributed by atoms with Crippen LogP contribution < -0.4 is 11.1 Å². The molecule has 0 aromatic heterocycles. The average Bonchev–Trinajstić information content (AvgIpc) is 2.30. The van der Waals surface area contributed by atoms with Gasteiger partial charge >= 0.3 is 0 Å². The van der Waals surface area contributed by atoms with Gasteiger partial charge in [-0.3, -0.25) is 4.79 Å². The Labute approximate surface area is 113 Å². The van der Waals surface area contributed by atoms with Crippen LogP contribution in [0.2, 0.25) is 0 Å². The van der Waals surface area contributed by atoms with Crippen molar-refractivity contribution in [3.8, 4) is 0 Å². The maximum absolute atomic E-state index is 12.0. The van der Waals surface area contributed by atoms with E-state index in [1.54, 1.807) is 0 Å². The van der Waals surface area contributed by atoms with Crippen LogP contribution in [0.15, 0.2) is 0 Å². The summed E-state index contributed by atoms with van der Waals surface area (Å²) in [5.74, 6) is -0.295. The highest BCUT2D eigenvalue weighted by molar-refractivity contribution is 7.99. The normalized spacial score (nSPS) is 26.2. The molecule has 1 unspecified atom stereocenters. The van der Waals surface area contributed by atoms with E-state index in [-0.39, 0.29) is 11.8 Å². The lowest BCUT2D eigenvalue weighted by atomic mass is 9.94. The summed E-state index contributed by atoms with van der Waals surface area (Å²) in [6.45, 7) is 1.94. The fraction of sp³-hybridized carbons (Fsp3) is 0.833. The van der Waals surface area contributed by atoms with Gasteiger partial charge in [-0.2, -0.15) is 11.8 Å². The molecule has 17 heavy (non-hydrogen) atoms. The van der Waals surface area contributed by atoms with Crippen LogP contribution in [0.1, 0.15) is 39.0 Å². The maximum Gasteiger partial charge on any atom is 0.230 e. The minimum absolute atomic E-state index is 0.00704. The second kappa shape index (κ2) is 7.21. The van der Waals surface area contributed by atoms with Gasteiger partial charge in [-0.05, 0) is 38.4 Å². The number of rotatable bonds is 5. The van der Waals surface area contributed by atoms with E-state index in [0.717, 1.165) is 18.1 Å². The molecule has 0 spiro atoms. The number of nitrogens with two attached hydrogens (primary N) is 1. The molecular weight excluding hydrogens is 252 g/mol. The molecule has 5 heteroatoms. The molecule has 0 heterocycles. The molecule has 1 amide bonds. The van der Waals surface area contributed by atoms with Crippen molar-refractivity contribution in [1.29, 1.82) is 0 Å². The van der Waals surface area contributed by atoms with Crippen LogP contribution in [0, 0.1) is 5.92 Å². The Morgan fingerprint density at radius 3 is 2.47 bits per heavy atom. The molecule has 98 valence electrons. The molecule has 1 saturated carbocycles. The first-order valence-corrected chi connectivity index (χ1v) is 7.90. The molecule has 1 rings (SSSR count). The second-order valence-corrected chi connectivity index (χ2v) is 6.19. The van der Waals surface area contributed by atoms with E-state index in [2.05, 4.69) is 11.6 Å². The molecule has 3 nitrogen and oxygen atoms in total. The number of nitrogens with one attached hydrogen (secondary N) is 1. The SMILES string of the molecule is CCC(C(=O)NC1CCC(SC)CC1)C(N)=S. The first-order valence-electron chi connectivity index (χ1n) is 6.21. The van der Waals surface area contributed by atoms with Gasteiger partial charge in [0.2, 0.25) is 5.91 Å². The van der Waals surface area contributed by atoms with Crippen LogP contribution in [0.25, 0.3) is 0 Å². The quantitative estimate of drug-likeness (QED) is 0.754. The van der Waals surface area contributed by atoms with Crippen molar-refractivity contribution in [3.63, 3.8) is 0 Å². The standard InChI is InChI=1S/C12H22N2OS2/c1-3-10(11(13)16)12(15)14-8-4-6-9(17-2)7-5-8/h8-10H,3-7H2,1-2H3,(H2,13,16)(H,14,15). The lowest BCUT2D eigenvalue weighted by molar-refractivity contribution is -0.124. The number of hydrogen-bond donors (Lipinski definition) is 2. The number of thioether (sulfide) groups is 1. The Kier molecular flexibility index (Phi) is 6.27. The first-order chi connectivity index (χ1) is 8.08. The van der Waals surface area contributed by atoms with Crippen LogP contribution in [-0.2, 0) is 4.79 Å². The summed E-state index contributed by atoms with van der Waals surface area (Å²) in [6, 6.07) is 0.314. The van der Waals surface area contributed by atoms with Gasteiger partial charge < -0.3 is 11.1 Å². The zero-order valence-corrected chi connectivity index (χ0v) is 12.2. The predicted molar refractivity (Wildman–Crippen MR) is 78.3 cm³/mol. The summed E-state index contributed by atoms with van der Waals surface area (Å²) >= 11 is 6.84. The molecule has 0 bridgehead atoms. The zero-order chi connectivity index (χ0) is 12.8. The number of hydrogen-bond acceptors (Lipinski definition) is 3. The Morgan fingerprint density at radius 1 is 1.47 bits per heavy atom. The summed E-state index contributed by atoms with van der Waals surface area (Å²) in [4.78, 5) is 12.3. The molecular formula is C12H22N2OS2. The smallest absolute Gasteiger partial charge is 0.230 e. The van der Waals surface area contributed by atoms with Gasteiger partial charge in [-0.15, -0.1) is 0 Å². The third-order valence-electron chi connectivity index (χ3n) is 3.42. The van der Waals surface area contributed by atoms with Crippen molar-refractivity contribution in [1.82, 2.24) is 5.32 Å². The van der Waals surface area contributed by atoms with Crippen molar-refractivity contribution in [3.05, 3.63) is 0 Å². The zero-order valence-electron chi connectivity index (χ0n) is 10.6. The van der Waals surface area contributed by atoms with Crippen molar-refractivity contribution < 1.29 is 4.79 Å². The van der Waals surface area contributed by atoms with Gasteiger partial charge in [0.1, 0.15) is 0 Å².